The third kappa shape index (κ3) is 7.70. The van der Waals surface area contributed by atoms with E-state index in [1.54, 1.807) is 18.3 Å². The second-order valence-electron chi connectivity index (χ2n) is 10.4. The maximum atomic E-state index is 6.33. The van der Waals surface area contributed by atoms with E-state index < -0.39 is 0 Å². The summed E-state index contributed by atoms with van der Waals surface area (Å²) in [7, 11) is 0. The predicted octanol–water partition coefficient (Wildman–Crippen LogP) is 8.56. The number of nitrogens with one attached hydrogen (secondary N) is 2. The van der Waals surface area contributed by atoms with Crippen LogP contribution in [-0.2, 0) is 6.61 Å². The van der Waals surface area contributed by atoms with Crippen LogP contribution >= 0.6 is 39.1 Å². The Labute approximate surface area is 264 Å². The van der Waals surface area contributed by atoms with Gasteiger partial charge in [-0.15, -0.1) is 0 Å². The third-order valence-corrected chi connectivity index (χ3v) is 8.36. The van der Waals surface area contributed by atoms with Crippen molar-refractivity contribution < 1.29 is 4.74 Å². The lowest BCUT2D eigenvalue weighted by Gasteiger charge is -2.30. The highest BCUT2D eigenvalue weighted by atomic mass is 79.9. The van der Waals surface area contributed by atoms with Crippen LogP contribution in [0.25, 0.3) is 0 Å². The van der Waals surface area contributed by atoms with Crippen molar-refractivity contribution in [3.63, 3.8) is 0 Å². The van der Waals surface area contributed by atoms with Crippen LogP contribution < -0.4 is 20.4 Å². The van der Waals surface area contributed by atoms with Gasteiger partial charge in [-0.3, -0.25) is 0 Å². The molecule has 2 N–H and O–H groups in total. The monoisotopic (exact) mass is 667 g/mol. The molecule has 1 aliphatic rings. The highest BCUT2D eigenvalue weighted by Gasteiger charge is 2.20. The summed E-state index contributed by atoms with van der Waals surface area (Å²) in [5.41, 5.74) is 7.87. The first-order chi connectivity index (χ1) is 20.2. The molecule has 1 aromatic heterocycles. The Hall–Kier alpha value is -3.40. The van der Waals surface area contributed by atoms with Crippen molar-refractivity contribution in [1.82, 2.24) is 15.0 Å². The van der Waals surface area contributed by atoms with Crippen LogP contribution in [0.15, 0.2) is 64.2 Å². The zero-order valence-electron chi connectivity index (χ0n) is 23.7. The Bertz CT molecular complexity index is 1590. The Kier molecular flexibility index (Phi) is 9.82. The molecular weight excluding hydrogens is 637 g/mol. The number of hydrazone groups is 1. The maximum absolute atomic E-state index is 6.33. The van der Waals surface area contributed by atoms with Crippen LogP contribution in [0.5, 0.6) is 5.75 Å². The average Bonchev–Trinajstić information content (AvgIpc) is 2.96. The van der Waals surface area contributed by atoms with Gasteiger partial charge in [-0.05, 0) is 80.1 Å². The molecule has 42 heavy (non-hydrogen) atoms. The fraction of sp³-hybridized carbons (Fsp3) is 0.290. The van der Waals surface area contributed by atoms with Crippen LogP contribution in [0.3, 0.4) is 0 Å². The van der Waals surface area contributed by atoms with Crippen LogP contribution in [-0.4, -0.2) is 34.3 Å². The first-order valence-corrected chi connectivity index (χ1v) is 15.3. The number of rotatable bonds is 9. The first kappa shape index (κ1) is 30.1. The maximum Gasteiger partial charge on any atom is 0.250 e. The van der Waals surface area contributed by atoms with Gasteiger partial charge in [0.15, 0.2) is 0 Å². The topological polar surface area (TPSA) is 87.6 Å². The fourth-order valence-corrected chi connectivity index (χ4v) is 5.37. The molecule has 218 valence electrons. The smallest absolute Gasteiger partial charge is 0.250 e. The van der Waals surface area contributed by atoms with E-state index in [1.165, 1.54) is 5.56 Å². The van der Waals surface area contributed by atoms with E-state index in [-0.39, 0.29) is 6.61 Å². The molecule has 1 aliphatic heterocycles. The molecule has 2 heterocycles. The van der Waals surface area contributed by atoms with Gasteiger partial charge in [-0.1, -0.05) is 64.3 Å². The normalized spacial score (nSPS) is 13.9. The van der Waals surface area contributed by atoms with Gasteiger partial charge in [0.25, 0.3) is 0 Å². The van der Waals surface area contributed by atoms with Crippen molar-refractivity contribution >= 4 is 68.9 Å². The summed E-state index contributed by atoms with van der Waals surface area (Å²) in [6, 6.07) is 17.2. The van der Waals surface area contributed by atoms with Crippen molar-refractivity contribution in [3.8, 4) is 5.75 Å². The van der Waals surface area contributed by atoms with Crippen LogP contribution in [0.1, 0.15) is 42.0 Å². The Morgan fingerprint density at radius 3 is 2.60 bits per heavy atom. The lowest BCUT2D eigenvalue weighted by atomic mass is 10.00. The molecule has 0 unspecified atom stereocenters. The quantitative estimate of drug-likeness (QED) is 0.136. The minimum absolute atomic E-state index is 0.282. The highest BCUT2D eigenvalue weighted by molar-refractivity contribution is 9.10. The number of benzene rings is 3. The molecular formula is C31H32BrCl2N7O. The minimum atomic E-state index is 0.282. The van der Waals surface area contributed by atoms with Gasteiger partial charge >= 0.3 is 0 Å². The average molecular weight is 669 g/mol. The zero-order chi connectivity index (χ0) is 29.6. The molecule has 0 spiro atoms. The summed E-state index contributed by atoms with van der Waals surface area (Å²) in [5, 5.41) is 8.97. The summed E-state index contributed by atoms with van der Waals surface area (Å²) in [5.74, 6) is 2.75. The van der Waals surface area contributed by atoms with Crippen molar-refractivity contribution in [2.45, 2.75) is 40.2 Å². The molecule has 3 aromatic carbocycles. The Morgan fingerprint density at radius 1 is 1.02 bits per heavy atom. The summed E-state index contributed by atoms with van der Waals surface area (Å²) in [6.45, 7) is 8.52. The Morgan fingerprint density at radius 2 is 1.81 bits per heavy atom. The number of hydrogen-bond acceptors (Lipinski definition) is 8. The lowest BCUT2D eigenvalue weighted by molar-refractivity contribution is 0.306. The van der Waals surface area contributed by atoms with Gasteiger partial charge in [0.1, 0.15) is 12.4 Å². The number of ether oxygens (including phenoxy) is 1. The van der Waals surface area contributed by atoms with E-state index in [1.807, 2.05) is 36.4 Å². The van der Waals surface area contributed by atoms with Gasteiger partial charge in [-0.25, -0.2) is 5.43 Å². The third-order valence-electron chi connectivity index (χ3n) is 7.28. The number of piperidine rings is 1. The second-order valence-corrected chi connectivity index (χ2v) is 12.2. The number of aryl methyl sites for hydroxylation is 1. The van der Waals surface area contributed by atoms with Crippen LogP contribution in [0.2, 0.25) is 10.0 Å². The van der Waals surface area contributed by atoms with Gasteiger partial charge in [0, 0.05) is 44.4 Å². The van der Waals surface area contributed by atoms with E-state index in [2.05, 4.69) is 68.5 Å². The molecule has 4 aromatic rings. The molecule has 0 saturated carbocycles. The minimum Gasteiger partial charge on any atom is -0.488 e. The molecule has 0 bridgehead atoms. The predicted molar refractivity (Wildman–Crippen MR) is 176 cm³/mol. The molecule has 0 radical (unpaired) electrons. The number of aromatic nitrogens is 3. The SMILES string of the molecule is Cc1cccc(Nc2nc(N/N=C/c3cc(Br)ccc3OCc3ccc(Cl)cc3Cl)nc(N3CCC(C)CC3)n2)c1C. The van der Waals surface area contributed by atoms with Gasteiger partial charge in [0.05, 0.1) is 6.21 Å². The van der Waals surface area contributed by atoms with Crippen molar-refractivity contribution in [2.75, 3.05) is 28.7 Å². The Balaban J connectivity index is 1.37. The van der Waals surface area contributed by atoms with Crippen molar-refractivity contribution in [1.29, 1.82) is 0 Å². The van der Waals surface area contributed by atoms with Crippen LogP contribution in [0.4, 0.5) is 23.5 Å². The molecule has 8 nitrogen and oxygen atoms in total. The molecule has 11 heteroatoms. The number of anilines is 4. The molecule has 1 fully saturated rings. The van der Waals surface area contributed by atoms with E-state index in [9.17, 15) is 0 Å². The molecule has 0 aliphatic carbocycles. The van der Waals surface area contributed by atoms with Gasteiger partial charge < -0.3 is 15.0 Å². The van der Waals surface area contributed by atoms with E-state index in [0.717, 1.165) is 52.8 Å². The number of hydrogen-bond donors (Lipinski definition) is 2. The standard InChI is InChI=1S/C31H32BrCl2N7O/c1-19-11-13-41(14-12-19)31-38-29(36-27-6-4-5-20(2)21(27)3)37-30(39-31)40-35-17-23-15-24(32)8-10-28(23)42-18-22-7-9-25(33)16-26(22)34/h4-10,15-17,19H,11-14,18H2,1-3H3,(H2,36,37,38,39,40)/b35-17+. The largest absolute Gasteiger partial charge is 0.488 e. The van der Waals surface area contributed by atoms with Crippen LogP contribution in [0, 0.1) is 19.8 Å². The number of halogens is 3. The van der Waals surface area contributed by atoms with Crippen molar-refractivity contribution in [2.24, 2.45) is 11.0 Å². The van der Waals surface area contributed by atoms with E-state index >= 15 is 0 Å². The summed E-state index contributed by atoms with van der Waals surface area (Å²) in [6.07, 6.45) is 3.87. The molecule has 0 atom stereocenters. The van der Waals surface area contributed by atoms with E-state index in [0.29, 0.717) is 39.6 Å². The molecule has 5 rings (SSSR count). The summed E-state index contributed by atoms with van der Waals surface area (Å²) >= 11 is 15.9. The number of nitrogens with zero attached hydrogens (tertiary/aromatic N) is 5. The highest BCUT2D eigenvalue weighted by Crippen LogP contribution is 2.27. The molecule has 0 amide bonds. The van der Waals surface area contributed by atoms with E-state index in [4.69, 9.17) is 37.9 Å². The van der Waals surface area contributed by atoms with Gasteiger partial charge in [0.2, 0.25) is 17.8 Å². The molecule has 1 saturated heterocycles. The fourth-order valence-electron chi connectivity index (χ4n) is 4.53. The van der Waals surface area contributed by atoms with Crippen molar-refractivity contribution in [3.05, 3.63) is 91.4 Å². The second kappa shape index (κ2) is 13.7. The first-order valence-electron chi connectivity index (χ1n) is 13.7. The lowest BCUT2D eigenvalue weighted by Crippen LogP contribution is -2.34. The van der Waals surface area contributed by atoms with Gasteiger partial charge in [-0.2, -0.15) is 20.1 Å². The summed E-state index contributed by atoms with van der Waals surface area (Å²) < 4.78 is 6.98. The zero-order valence-corrected chi connectivity index (χ0v) is 26.8. The summed E-state index contributed by atoms with van der Waals surface area (Å²) in [4.78, 5) is 16.3.